The van der Waals surface area contributed by atoms with Crippen molar-refractivity contribution in [3.63, 3.8) is 0 Å². The Balaban J connectivity index is 2.50. The second-order valence-electron chi connectivity index (χ2n) is 5.89. The van der Waals surface area contributed by atoms with E-state index in [1.807, 2.05) is 0 Å². The minimum Gasteiger partial charge on any atom is -0.395 e. The van der Waals surface area contributed by atoms with E-state index in [9.17, 15) is 5.11 Å². The Hall–Kier alpha value is -0.160. The van der Waals surface area contributed by atoms with E-state index in [0.29, 0.717) is 24.9 Å². The highest BCUT2D eigenvalue weighted by molar-refractivity contribution is 4.83. The first-order chi connectivity index (χ1) is 8.58. The van der Waals surface area contributed by atoms with Crippen molar-refractivity contribution in [2.75, 3.05) is 32.8 Å². The van der Waals surface area contributed by atoms with Crippen molar-refractivity contribution in [1.29, 1.82) is 0 Å². The summed E-state index contributed by atoms with van der Waals surface area (Å²) in [7, 11) is 0. The smallest absolute Gasteiger partial charge is 0.0580 e. The van der Waals surface area contributed by atoms with Crippen molar-refractivity contribution in [3.05, 3.63) is 0 Å². The number of aliphatic hydroxyl groups excluding tert-OH is 3. The molecule has 0 aromatic heterocycles. The van der Waals surface area contributed by atoms with Gasteiger partial charge in [0, 0.05) is 19.6 Å². The zero-order valence-electron chi connectivity index (χ0n) is 11.8. The summed E-state index contributed by atoms with van der Waals surface area (Å²) in [6.07, 6.45) is 2.85. The van der Waals surface area contributed by atoms with Crippen LogP contribution in [0.25, 0.3) is 0 Å². The molecule has 0 heterocycles. The van der Waals surface area contributed by atoms with Crippen LogP contribution in [0.1, 0.15) is 33.1 Å². The lowest BCUT2D eigenvalue weighted by Gasteiger charge is -2.37. The first-order valence-corrected chi connectivity index (χ1v) is 7.20. The van der Waals surface area contributed by atoms with Gasteiger partial charge in [-0.2, -0.15) is 0 Å². The Labute approximate surface area is 111 Å². The summed E-state index contributed by atoms with van der Waals surface area (Å²) in [6.45, 7) is 6.65. The fraction of sp³-hybridized carbons (Fsp3) is 1.00. The van der Waals surface area contributed by atoms with Gasteiger partial charge in [-0.25, -0.2) is 0 Å². The molecule has 108 valence electrons. The van der Waals surface area contributed by atoms with E-state index in [-0.39, 0.29) is 25.2 Å². The van der Waals surface area contributed by atoms with Gasteiger partial charge in [-0.1, -0.05) is 13.8 Å². The molecule has 1 fully saturated rings. The summed E-state index contributed by atoms with van der Waals surface area (Å²) < 4.78 is 0. The van der Waals surface area contributed by atoms with E-state index in [4.69, 9.17) is 10.2 Å². The zero-order valence-corrected chi connectivity index (χ0v) is 11.8. The second-order valence-corrected chi connectivity index (χ2v) is 5.89. The summed E-state index contributed by atoms with van der Waals surface area (Å²) in [4.78, 5) is 2.05. The zero-order chi connectivity index (χ0) is 13.5. The summed E-state index contributed by atoms with van der Waals surface area (Å²) in [5.74, 6) is 1.65. The highest BCUT2D eigenvalue weighted by Crippen LogP contribution is 2.34. The van der Waals surface area contributed by atoms with Crippen LogP contribution in [0.3, 0.4) is 0 Å². The van der Waals surface area contributed by atoms with Crippen molar-refractivity contribution in [3.8, 4) is 0 Å². The SMILES string of the molecule is CC(C)C1CCC(O)C(CN(CCO)CCO)C1. The Morgan fingerprint density at radius 1 is 1.11 bits per heavy atom. The highest BCUT2D eigenvalue weighted by atomic mass is 16.3. The highest BCUT2D eigenvalue weighted by Gasteiger charge is 2.31. The van der Waals surface area contributed by atoms with Crippen LogP contribution in [0.4, 0.5) is 0 Å². The minimum atomic E-state index is -0.222. The molecule has 1 aliphatic rings. The molecule has 0 bridgehead atoms. The lowest BCUT2D eigenvalue weighted by molar-refractivity contribution is 0.0133. The molecule has 18 heavy (non-hydrogen) atoms. The average molecular weight is 259 g/mol. The monoisotopic (exact) mass is 259 g/mol. The fourth-order valence-electron chi connectivity index (χ4n) is 2.99. The maximum Gasteiger partial charge on any atom is 0.0580 e. The molecule has 0 spiro atoms. The first kappa shape index (κ1) is 15.9. The third-order valence-electron chi connectivity index (χ3n) is 4.25. The van der Waals surface area contributed by atoms with Gasteiger partial charge >= 0.3 is 0 Å². The molecular formula is C14H29NO3. The molecule has 4 heteroatoms. The molecule has 0 aromatic rings. The summed E-state index contributed by atoms with van der Waals surface area (Å²) >= 11 is 0. The molecule has 0 radical (unpaired) electrons. The number of nitrogens with zero attached hydrogens (tertiary/aromatic N) is 1. The van der Waals surface area contributed by atoms with Crippen LogP contribution in [-0.2, 0) is 0 Å². The quantitative estimate of drug-likeness (QED) is 0.630. The number of aliphatic hydroxyl groups is 3. The molecule has 3 N–H and O–H groups in total. The summed E-state index contributed by atoms with van der Waals surface area (Å²) in [5.41, 5.74) is 0. The molecular weight excluding hydrogens is 230 g/mol. The molecule has 4 nitrogen and oxygen atoms in total. The molecule has 0 amide bonds. The van der Waals surface area contributed by atoms with E-state index >= 15 is 0 Å². The van der Waals surface area contributed by atoms with E-state index < -0.39 is 0 Å². The topological polar surface area (TPSA) is 63.9 Å². The van der Waals surface area contributed by atoms with E-state index in [1.165, 1.54) is 0 Å². The van der Waals surface area contributed by atoms with Crippen molar-refractivity contribution in [1.82, 2.24) is 4.90 Å². The maximum absolute atomic E-state index is 10.1. The van der Waals surface area contributed by atoms with E-state index in [0.717, 1.165) is 25.8 Å². The third kappa shape index (κ3) is 4.84. The van der Waals surface area contributed by atoms with Gasteiger partial charge in [0.1, 0.15) is 0 Å². The van der Waals surface area contributed by atoms with Gasteiger partial charge in [0.05, 0.1) is 19.3 Å². The van der Waals surface area contributed by atoms with Gasteiger partial charge in [0.25, 0.3) is 0 Å². The largest absolute Gasteiger partial charge is 0.395 e. The summed E-state index contributed by atoms with van der Waals surface area (Å²) in [5, 5.41) is 28.1. The Kier molecular flexibility index (Phi) is 7.15. The number of hydrogen-bond acceptors (Lipinski definition) is 4. The molecule has 3 unspecified atom stereocenters. The Morgan fingerprint density at radius 2 is 1.72 bits per heavy atom. The molecule has 0 saturated heterocycles. The van der Waals surface area contributed by atoms with E-state index in [2.05, 4.69) is 18.7 Å². The van der Waals surface area contributed by atoms with Gasteiger partial charge < -0.3 is 15.3 Å². The lowest BCUT2D eigenvalue weighted by atomic mass is 9.74. The fourth-order valence-corrected chi connectivity index (χ4v) is 2.99. The Morgan fingerprint density at radius 3 is 2.22 bits per heavy atom. The number of hydrogen-bond donors (Lipinski definition) is 3. The van der Waals surface area contributed by atoms with Gasteiger partial charge in [-0.3, -0.25) is 4.90 Å². The minimum absolute atomic E-state index is 0.108. The maximum atomic E-state index is 10.1. The van der Waals surface area contributed by atoms with Crippen LogP contribution in [0.5, 0.6) is 0 Å². The summed E-state index contributed by atoms with van der Waals surface area (Å²) in [6, 6.07) is 0. The van der Waals surface area contributed by atoms with Gasteiger partial charge in [-0.15, -0.1) is 0 Å². The first-order valence-electron chi connectivity index (χ1n) is 7.20. The molecule has 0 aliphatic heterocycles. The van der Waals surface area contributed by atoms with Gasteiger partial charge in [0.15, 0.2) is 0 Å². The average Bonchev–Trinajstić information content (AvgIpc) is 2.32. The van der Waals surface area contributed by atoms with E-state index in [1.54, 1.807) is 0 Å². The van der Waals surface area contributed by atoms with Crippen molar-refractivity contribution in [2.24, 2.45) is 17.8 Å². The van der Waals surface area contributed by atoms with Crippen LogP contribution in [0.15, 0.2) is 0 Å². The van der Waals surface area contributed by atoms with Crippen LogP contribution in [0, 0.1) is 17.8 Å². The second kappa shape index (κ2) is 8.10. The molecule has 0 aromatic carbocycles. The standard InChI is InChI=1S/C14H29NO3/c1-11(2)12-3-4-14(18)13(9-12)10-15(5-7-16)6-8-17/h11-14,16-18H,3-10H2,1-2H3. The molecule has 1 rings (SSSR count). The molecule has 1 saturated carbocycles. The normalized spacial score (nSPS) is 29.2. The van der Waals surface area contributed by atoms with Gasteiger partial charge in [-0.05, 0) is 37.0 Å². The van der Waals surface area contributed by atoms with Crippen LogP contribution in [-0.4, -0.2) is 59.2 Å². The van der Waals surface area contributed by atoms with Gasteiger partial charge in [0.2, 0.25) is 0 Å². The third-order valence-corrected chi connectivity index (χ3v) is 4.25. The van der Waals surface area contributed by atoms with Crippen molar-refractivity contribution in [2.45, 2.75) is 39.2 Å². The predicted molar refractivity (Wildman–Crippen MR) is 72.3 cm³/mol. The predicted octanol–water partition coefficient (Wildman–Crippen LogP) is 0.706. The van der Waals surface area contributed by atoms with Crippen LogP contribution in [0.2, 0.25) is 0 Å². The van der Waals surface area contributed by atoms with Crippen LogP contribution < -0.4 is 0 Å². The lowest BCUT2D eigenvalue weighted by Crippen LogP contribution is -2.41. The number of rotatable bonds is 7. The Bertz CT molecular complexity index is 217. The molecule has 3 atom stereocenters. The van der Waals surface area contributed by atoms with Crippen molar-refractivity contribution >= 4 is 0 Å². The molecule has 1 aliphatic carbocycles. The van der Waals surface area contributed by atoms with Crippen LogP contribution >= 0.6 is 0 Å². The van der Waals surface area contributed by atoms with Crippen molar-refractivity contribution < 1.29 is 15.3 Å².